The number of nitrogens with one attached hydrogen (secondary N) is 1. The second-order valence-corrected chi connectivity index (χ2v) is 4.58. The Labute approximate surface area is 108 Å². The van der Waals surface area contributed by atoms with Gasteiger partial charge in [-0.1, -0.05) is 28.1 Å². The molecule has 1 aromatic heterocycles. The van der Waals surface area contributed by atoms with Crippen molar-refractivity contribution in [1.82, 2.24) is 9.78 Å². The molecule has 0 aliphatic rings. The van der Waals surface area contributed by atoms with Crippen molar-refractivity contribution in [3.05, 3.63) is 46.7 Å². The van der Waals surface area contributed by atoms with Crippen molar-refractivity contribution in [2.45, 2.75) is 13.1 Å². The van der Waals surface area contributed by atoms with E-state index in [-0.39, 0.29) is 0 Å². The van der Waals surface area contributed by atoms with Crippen LogP contribution in [0.4, 0.5) is 10.1 Å². The highest BCUT2D eigenvalue weighted by Gasteiger charge is 1.98. The van der Waals surface area contributed by atoms with Gasteiger partial charge in [-0.15, -0.1) is 0 Å². The van der Waals surface area contributed by atoms with E-state index in [0.717, 1.165) is 16.7 Å². The van der Waals surface area contributed by atoms with E-state index in [2.05, 4.69) is 26.3 Å². The number of hydrogen-bond donors (Lipinski definition) is 1. The predicted octanol–water partition coefficient (Wildman–Crippen LogP) is 3.23. The highest BCUT2D eigenvalue weighted by molar-refractivity contribution is 9.10. The largest absolute Gasteiger partial charge is 0.378 e. The van der Waals surface area contributed by atoms with Crippen LogP contribution in [0.25, 0.3) is 0 Å². The van der Waals surface area contributed by atoms with E-state index in [1.807, 2.05) is 24.3 Å². The summed E-state index contributed by atoms with van der Waals surface area (Å²) >= 11 is 3.39. The summed E-state index contributed by atoms with van der Waals surface area (Å²) in [5.41, 5.74) is 2.09. The topological polar surface area (TPSA) is 29.9 Å². The van der Waals surface area contributed by atoms with Crippen LogP contribution in [0.5, 0.6) is 0 Å². The first-order valence-corrected chi connectivity index (χ1v) is 6.14. The van der Waals surface area contributed by atoms with Crippen LogP contribution >= 0.6 is 15.9 Å². The Morgan fingerprint density at radius 3 is 2.76 bits per heavy atom. The van der Waals surface area contributed by atoms with Gasteiger partial charge in [-0.3, -0.25) is 4.68 Å². The highest BCUT2D eigenvalue weighted by atomic mass is 79.9. The first-order valence-electron chi connectivity index (χ1n) is 5.34. The van der Waals surface area contributed by atoms with Gasteiger partial charge in [0, 0.05) is 17.2 Å². The van der Waals surface area contributed by atoms with Gasteiger partial charge in [0.15, 0.2) is 0 Å². The molecule has 17 heavy (non-hydrogen) atoms. The molecule has 0 radical (unpaired) electrons. The summed E-state index contributed by atoms with van der Waals surface area (Å²) in [5.74, 6) is 0. The summed E-state index contributed by atoms with van der Waals surface area (Å²) in [6.45, 7) is 0.641. The fraction of sp³-hybridized carbons (Fsp3) is 0.250. The number of alkyl halides is 1. The zero-order chi connectivity index (χ0) is 12.1. The molecule has 0 saturated carbocycles. The maximum Gasteiger partial charge on any atom is 0.109 e. The van der Waals surface area contributed by atoms with Crippen molar-refractivity contribution in [2.75, 3.05) is 12.0 Å². The number of nitrogens with zero attached hydrogens (tertiary/aromatic N) is 2. The standard InChI is InChI=1S/C12H13BrFN3/c13-11-3-1-10(2-4-11)7-15-12-8-16-17(9-12)6-5-14/h1-4,8-9,15H,5-7H2. The summed E-state index contributed by atoms with van der Waals surface area (Å²) in [6, 6.07) is 8.10. The van der Waals surface area contributed by atoms with E-state index in [1.54, 1.807) is 17.1 Å². The number of aryl methyl sites for hydroxylation is 1. The first kappa shape index (κ1) is 12.1. The van der Waals surface area contributed by atoms with Crippen LogP contribution in [0.15, 0.2) is 41.1 Å². The Kier molecular flexibility index (Phi) is 4.14. The molecule has 0 bridgehead atoms. The van der Waals surface area contributed by atoms with Crippen molar-refractivity contribution < 1.29 is 4.39 Å². The molecule has 0 unspecified atom stereocenters. The molecule has 1 heterocycles. The minimum atomic E-state index is -0.395. The Bertz CT molecular complexity index is 467. The molecule has 0 saturated heterocycles. The molecule has 0 atom stereocenters. The molecule has 0 spiro atoms. The SMILES string of the molecule is FCCn1cc(NCc2ccc(Br)cc2)cn1. The van der Waals surface area contributed by atoms with Gasteiger partial charge >= 0.3 is 0 Å². The molecule has 1 N–H and O–H groups in total. The lowest BCUT2D eigenvalue weighted by Gasteiger charge is -2.03. The van der Waals surface area contributed by atoms with Gasteiger partial charge in [-0.25, -0.2) is 4.39 Å². The Morgan fingerprint density at radius 2 is 2.06 bits per heavy atom. The van der Waals surface area contributed by atoms with Crippen LogP contribution < -0.4 is 5.32 Å². The van der Waals surface area contributed by atoms with Crippen LogP contribution in [0.2, 0.25) is 0 Å². The molecule has 3 nitrogen and oxygen atoms in total. The Hall–Kier alpha value is -1.36. The van der Waals surface area contributed by atoms with Gasteiger partial charge in [0.25, 0.3) is 0 Å². The molecule has 0 aliphatic heterocycles. The third-order valence-electron chi connectivity index (χ3n) is 2.36. The van der Waals surface area contributed by atoms with E-state index in [1.165, 1.54) is 5.56 Å². The maximum absolute atomic E-state index is 12.1. The third kappa shape index (κ3) is 3.56. The highest BCUT2D eigenvalue weighted by Crippen LogP contribution is 2.12. The molecular formula is C12H13BrFN3. The monoisotopic (exact) mass is 297 g/mol. The fourth-order valence-electron chi connectivity index (χ4n) is 1.47. The first-order chi connectivity index (χ1) is 8.28. The normalized spacial score (nSPS) is 10.5. The van der Waals surface area contributed by atoms with E-state index in [0.29, 0.717) is 6.54 Å². The van der Waals surface area contributed by atoms with Gasteiger partial charge < -0.3 is 5.32 Å². The van der Waals surface area contributed by atoms with Crippen molar-refractivity contribution in [1.29, 1.82) is 0 Å². The molecule has 0 amide bonds. The van der Waals surface area contributed by atoms with Gasteiger partial charge in [-0.05, 0) is 17.7 Å². The van der Waals surface area contributed by atoms with Crippen LogP contribution in [-0.2, 0) is 13.1 Å². The summed E-state index contributed by atoms with van der Waals surface area (Å²) in [7, 11) is 0. The zero-order valence-electron chi connectivity index (χ0n) is 9.24. The molecule has 0 aliphatic carbocycles. The summed E-state index contributed by atoms with van der Waals surface area (Å²) < 4.78 is 14.7. The summed E-state index contributed by atoms with van der Waals surface area (Å²) in [6.07, 6.45) is 3.51. The van der Waals surface area contributed by atoms with Crippen LogP contribution in [0.3, 0.4) is 0 Å². The fourth-order valence-corrected chi connectivity index (χ4v) is 1.73. The summed E-state index contributed by atoms with van der Waals surface area (Å²) in [4.78, 5) is 0. The molecule has 0 fully saturated rings. The van der Waals surface area contributed by atoms with Gasteiger partial charge in [0.1, 0.15) is 6.67 Å². The maximum atomic E-state index is 12.1. The predicted molar refractivity (Wildman–Crippen MR) is 69.7 cm³/mol. The second kappa shape index (κ2) is 5.82. The number of halogens is 2. The summed E-state index contributed by atoms with van der Waals surface area (Å²) in [5, 5.41) is 7.28. The number of benzene rings is 1. The van der Waals surface area contributed by atoms with E-state index >= 15 is 0 Å². The lowest BCUT2D eigenvalue weighted by atomic mass is 10.2. The minimum Gasteiger partial charge on any atom is -0.378 e. The van der Waals surface area contributed by atoms with Crippen molar-refractivity contribution in [3.63, 3.8) is 0 Å². The van der Waals surface area contributed by atoms with E-state index < -0.39 is 6.67 Å². The van der Waals surface area contributed by atoms with Crippen LogP contribution in [0, 0.1) is 0 Å². The number of rotatable bonds is 5. The molecule has 5 heteroatoms. The molecule has 2 aromatic rings. The van der Waals surface area contributed by atoms with Gasteiger partial charge in [-0.2, -0.15) is 5.10 Å². The molecular weight excluding hydrogens is 285 g/mol. The second-order valence-electron chi connectivity index (χ2n) is 3.66. The Morgan fingerprint density at radius 1 is 1.29 bits per heavy atom. The van der Waals surface area contributed by atoms with Crippen LogP contribution in [0.1, 0.15) is 5.56 Å². The molecule has 1 aromatic carbocycles. The van der Waals surface area contributed by atoms with Gasteiger partial charge in [0.05, 0.1) is 18.4 Å². The zero-order valence-corrected chi connectivity index (χ0v) is 10.8. The number of hydrogen-bond acceptors (Lipinski definition) is 2. The van der Waals surface area contributed by atoms with Crippen molar-refractivity contribution in [3.8, 4) is 0 Å². The van der Waals surface area contributed by atoms with Gasteiger partial charge in [0.2, 0.25) is 0 Å². The quantitative estimate of drug-likeness (QED) is 0.918. The smallest absolute Gasteiger partial charge is 0.109 e. The van der Waals surface area contributed by atoms with E-state index in [9.17, 15) is 4.39 Å². The third-order valence-corrected chi connectivity index (χ3v) is 2.89. The minimum absolute atomic E-state index is 0.306. The Balaban J connectivity index is 1.90. The average Bonchev–Trinajstić information content (AvgIpc) is 2.77. The van der Waals surface area contributed by atoms with Crippen LogP contribution in [-0.4, -0.2) is 16.5 Å². The number of anilines is 1. The molecule has 90 valence electrons. The lowest BCUT2D eigenvalue weighted by molar-refractivity contribution is 0.427. The van der Waals surface area contributed by atoms with Crippen molar-refractivity contribution >= 4 is 21.6 Å². The van der Waals surface area contributed by atoms with Crippen molar-refractivity contribution in [2.24, 2.45) is 0 Å². The molecule has 2 rings (SSSR count). The lowest BCUT2D eigenvalue weighted by Crippen LogP contribution is -2.00. The van der Waals surface area contributed by atoms with E-state index in [4.69, 9.17) is 0 Å². The average molecular weight is 298 g/mol. The number of aromatic nitrogens is 2.